The molecule has 40 heavy (non-hydrogen) atoms. The van der Waals surface area contributed by atoms with Crippen molar-refractivity contribution in [1.82, 2.24) is 9.80 Å². The van der Waals surface area contributed by atoms with Crippen molar-refractivity contribution in [2.45, 2.75) is 31.4 Å². The smallest absolute Gasteiger partial charge is 0.296 e. The molecule has 2 aromatic carbocycles. The number of carbonyl (C=O) groups is 3. The van der Waals surface area contributed by atoms with Crippen molar-refractivity contribution in [3.05, 3.63) is 77.4 Å². The monoisotopic (exact) mass is 543 g/mol. The van der Waals surface area contributed by atoms with Gasteiger partial charge in [-0.05, 0) is 43.2 Å². The topological polar surface area (TPSA) is 99.6 Å². The van der Waals surface area contributed by atoms with Gasteiger partial charge in [0.05, 0.1) is 24.5 Å². The average Bonchev–Trinajstić information content (AvgIpc) is 3.53. The van der Waals surface area contributed by atoms with Crippen molar-refractivity contribution >= 4 is 29.0 Å². The molecule has 2 amide bonds. The molecule has 2 atom stereocenters. The summed E-state index contributed by atoms with van der Waals surface area (Å²) in [4.78, 5) is 47.2. The molecule has 6 rings (SSSR count). The van der Waals surface area contributed by atoms with Gasteiger partial charge in [0.2, 0.25) is 0 Å². The number of ether oxygens (including phenoxy) is 2. The van der Waals surface area contributed by atoms with Crippen LogP contribution in [-0.2, 0) is 31.1 Å². The fourth-order valence-electron chi connectivity index (χ4n) is 6.47. The van der Waals surface area contributed by atoms with Crippen LogP contribution in [-0.4, -0.2) is 84.5 Å². The first-order chi connectivity index (χ1) is 19.4. The van der Waals surface area contributed by atoms with Gasteiger partial charge in [-0.3, -0.25) is 19.3 Å². The van der Waals surface area contributed by atoms with E-state index in [1.54, 1.807) is 42.5 Å². The van der Waals surface area contributed by atoms with E-state index in [9.17, 15) is 19.5 Å². The number of likely N-dealkylation sites (tertiary alicyclic amines) is 1. The maximum Gasteiger partial charge on any atom is 0.296 e. The zero-order valence-electron chi connectivity index (χ0n) is 22.6. The number of carbonyl (C=O) groups excluding carboxylic acids is 3. The number of hydrogen-bond acceptors (Lipinski definition) is 7. The Morgan fingerprint density at radius 1 is 1.12 bits per heavy atom. The van der Waals surface area contributed by atoms with Gasteiger partial charge in [-0.2, -0.15) is 0 Å². The van der Waals surface area contributed by atoms with E-state index in [4.69, 9.17) is 9.47 Å². The third-order valence-electron chi connectivity index (χ3n) is 8.25. The SMILES string of the molecule is C=CCN1C(=O)[C@@]2(C(=C(O)c3ccc4c(c3)C[C@H](C)O4)C(=O)C(=O)N2CCCN2CCOCC2)c2ccccc21. The summed E-state index contributed by atoms with van der Waals surface area (Å²) in [5, 5.41) is 11.8. The number of amides is 2. The molecule has 0 saturated carbocycles. The normalized spacial score (nSPS) is 25.4. The average molecular weight is 544 g/mol. The number of benzene rings is 2. The summed E-state index contributed by atoms with van der Waals surface area (Å²) in [6, 6.07) is 12.4. The van der Waals surface area contributed by atoms with Gasteiger partial charge < -0.3 is 24.4 Å². The second-order valence-electron chi connectivity index (χ2n) is 10.7. The van der Waals surface area contributed by atoms with Crippen molar-refractivity contribution < 1.29 is 29.0 Å². The number of aliphatic hydroxyl groups excluding tert-OH is 1. The summed E-state index contributed by atoms with van der Waals surface area (Å²) in [7, 11) is 0. The van der Waals surface area contributed by atoms with E-state index >= 15 is 0 Å². The van der Waals surface area contributed by atoms with Gasteiger partial charge in [-0.1, -0.05) is 24.3 Å². The summed E-state index contributed by atoms with van der Waals surface area (Å²) >= 11 is 0. The zero-order valence-corrected chi connectivity index (χ0v) is 22.6. The van der Waals surface area contributed by atoms with Crippen molar-refractivity contribution in [3.8, 4) is 5.75 Å². The first-order valence-corrected chi connectivity index (χ1v) is 13.8. The van der Waals surface area contributed by atoms with Crippen LogP contribution in [0, 0.1) is 0 Å². The number of aliphatic hydroxyl groups is 1. The number of hydrogen-bond donors (Lipinski definition) is 1. The lowest BCUT2D eigenvalue weighted by Crippen LogP contribution is -2.52. The van der Waals surface area contributed by atoms with E-state index in [2.05, 4.69) is 11.5 Å². The molecular weight excluding hydrogens is 510 g/mol. The van der Waals surface area contributed by atoms with Crippen LogP contribution in [0.2, 0.25) is 0 Å². The van der Waals surface area contributed by atoms with Gasteiger partial charge in [0.1, 0.15) is 17.6 Å². The van der Waals surface area contributed by atoms with Crippen LogP contribution < -0.4 is 9.64 Å². The predicted molar refractivity (Wildman–Crippen MR) is 149 cm³/mol. The van der Waals surface area contributed by atoms with E-state index < -0.39 is 23.1 Å². The second-order valence-corrected chi connectivity index (χ2v) is 10.7. The van der Waals surface area contributed by atoms with Crippen LogP contribution in [0.5, 0.6) is 5.75 Å². The lowest BCUT2D eigenvalue weighted by molar-refractivity contribution is -0.143. The number of morpholine rings is 1. The molecular formula is C31H33N3O6. The van der Waals surface area contributed by atoms with E-state index in [-0.39, 0.29) is 30.5 Å². The molecule has 2 saturated heterocycles. The molecule has 1 N–H and O–H groups in total. The highest BCUT2D eigenvalue weighted by atomic mass is 16.5. The maximum atomic E-state index is 14.5. The minimum Gasteiger partial charge on any atom is -0.507 e. The number of para-hydroxylation sites is 1. The van der Waals surface area contributed by atoms with Crippen LogP contribution in [0.4, 0.5) is 5.69 Å². The van der Waals surface area contributed by atoms with E-state index in [1.807, 2.05) is 13.0 Å². The highest BCUT2D eigenvalue weighted by Crippen LogP contribution is 2.53. The van der Waals surface area contributed by atoms with Crippen molar-refractivity contribution in [1.29, 1.82) is 0 Å². The van der Waals surface area contributed by atoms with Gasteiger partial charge in [-0.25, -0.2) is 0 Å². The summed E-state index contributed by atoms with van der Waals surface area (Å²) in [6.45, 7) is 9.72. The van der Waals surface area contributed by atoms with Gasteiger partial charge in [-0.15, -0.1) is 6.58 Å². The minimum atomic E-state index is -1.77. The third-order valence-corrected chi connectivity index (χ3v) is 8.25. The molecule has 0 aliphatic carbocycles. The fourth-order valence-corrected chi connectivity index (χ4v) is 6.47. The molecule has 4 aliphatic rings. The molecule has 0 bridgehead atoms. The molecule has 4 heterocycles. The highest BCUT2D eigenvalue weighted by molar-refractivity contribution is 6.50. The van der Waals surface area contributed by atoms with Gasteiger partial charge in [0.15, 0.2) is 5.54 Å². The molecule has 2 aromatic rings. The molecule has 9 nitrogen and oxygen atoms in total. The number of nitrogens with zero attached hydrogens (tertiary/aromatic N) is 3. The van der Waals surface area contributed by atoms with E-state index in [0.717, 1.165) is 24.4 Å². The van der Waals surface area contributed by atoms with Crippen molar-refractivity contribution in [2.24, 2.45) is 0 Å². The Labute approximate surface area is 233 Å². The molecule has 0 aromatic heterocycles. The van der Waals surface area contributed by atoms with Crippen LogP contribution in [0.15, 0.2) is 60.7 Å². The predicted octanol–water partition coefficient (Wildman–Crippen LogP) is 2.84. The number of Topliss-reactive ketones (excluding diaryl/α,β-unsaturated/α-hetero) is 1. The minimum absolute atomic E-state index is 0.00113. The maximum absolute atomic E-state index is 14.5. The zero-order chi connectivity index (χ0) is 28.0. The highest BCUT2D eigenvalue weighted by Gasteiger charge is 2.66. The van der Waals surface area contributed by atoms with Crippen LogP contribution >= 0.6 is 0 Å². The Morgan fingerprint density at radius 3 is 2.67 bits per heavy atom. The quantitative estimate of drug-likeness (QED) is 0.248. The summed E-state index contributed by atoms with van der Waals surface area (Å²) in [5.41, 5.74) is 0.402. The molecule has 9 heteroatoms. The standard InChI is InChI=1S/C31H33N3O6/c1-3-11-33-24-8-5-4-7-23(24)31(30(33)38)26(27(35)21-9-10-25-22(19-21)18-20(2)40-25)28(36)29(37)34(31)13-6-12-32-14-16-39-17-15-32/h3-5,7-10,19-20,35H,1,6,11-18H2,2H3/t20-,31-/m0/s1. The second kappa shape index (κ2) is 10.2. The fraction of sp³-hybridized carbons (Fsp3) is 0.387. The molecule has 0 radical (unpaired) electrons. The Kier molecular flexibility index (Phi) is 6.72. The Morgan fingerprint density at radius 2 is 1.90 bits per heavy atom. The molecule has 208 valence electrons. The Hall–Kier alpha value is -3.95. The summed E-state index contributed by atoms with van der Waals surface area (Å²) < 4.78 is 11.2. The van der Waals surface area contributed by atoms with E-state index in [0.29, 0.717) is 49.4 Å². The Balaban J connectivity index is 1.48. The first kappa shape index (κ1) is 26.3. The molecule has 0 unspecified atom stereocenters. The van der Waals surface area contributed by atoms with Crippen LogP contribution in [0.25, 0.3) is 5.76 Å². The molecule has 2 fully saturated rings. The third kappa shape index (κ3) is 3.95. The molecule has 4 aliphatic heterocycles. The lowest BCUT2D eigenvalue weighted by atomic mass is 9.81. The van der Waals surface area contributed by atoms with Gasteiger partial charge >= 0.3 is 0 Å². The number of fused-ring (bicyclic) bond motifs is 3. The number of ketones is 1. The Bertz CT molecular complexity index is 1430. The lowest BCUT2D eigenvalue weighted by Gasteiger charge is -2.35. The first-order valence-electron chi connectivity index (χ1n) is 13.8. The van der Waals surface area contributed by atoms with Crippen LogP contribution in [0.3, 0.4) is 0 Å². The van der Waals surface area contributed by atoms with Crippen molar-refractivity contribution in [2.75, 3.05) is 50.8 Å². The summed E-state index contributed by atoms with van der Waals surface area (Å²) in [5.74, 6) is -1.73. The van der Waals surface area contributed by atoms with Gasteiger partial charge in [0, 0.05) is 50.3 Å². The molecule has 1 spiro atoms. The number of anilines is 1. The largest absolute Gasteiger partial charge is 0.507 e. The van der Waals surface area contributed by atoms with Gasteiger partial charge in [0.25, 0.3) is 17.6 Å². The number of rotatable bonds is 7. The van der Waals surface area contributed by atoms with E-state index in [1.165, 1.54) is 9.80 Å². The summed E-state index contributed by atoms with van der Waals surface area (Å²) in [6.07, 6.45) is 2.82. The van der Waals surface area contributed by atoms with Crippen molar-refractivity contribution in [3.63, 3.8) is 0 Å². The van der Waals surface area contributed by atoms with Crippen LogP contribution in [0.1, 0.15) is 30.0 Å².